The molecule has 6 heteroatoms. The highest BCUT2D eigenvalue weighted by Crippen LogP contribution is 2.28. The number of urea groups is 1. The van der Waals surface area contributed by atoms with Gasteiger partial charge in [0.05, 0.1) is 12.1 Å². The topological polar surface area (TPSA) is 68.7 Å². The van der Waals surface area contributed by atoms with Gasteiger partial charge in [-0.3, -0.25) is 0 Å². The molecule has 132 valence electrons. The SMILES string of the molecule is Cc1cc(CNC(=O)N2CCCC2(C)CO)cc(N2CCCC2)n1. The van der Waals surface area contributed by atoms with Crippen LogP contribution >= 0.6 is 0 Å². The molecule has 0 spiro atoms. The summed E-state index contributed by atoms with van der Waals surface area (Å²) in [6, 6.07) is 4.00. The number of hydrogen-bond donors (Lipinski definition) is 2. The van der Waals surface area contributed by atoms with Gasteiger partial charge in [0.2, 0.25) is 0 Å². The first-order chi connectivity index (χ1) is 11.5. The van der Waals surface area contributed by atoms with Crippen LogP contribution in [-0.2, 0) is 6.54 Å². The first-order valence-corrected chi connectivity index (χ1v) is 8.91. The Morgan fingerprint density at radius 3 is 2.75 bits per heavy atom. The van der Waals surface area contributed by atoms with Crippen molar-refractivity contribution in [2.45, 2.75) is 51.6 Å². The Balaban J connectivity index is 1.65. The quantitative estimate of drug-likeness (QED) is 0.885. The molecule has 1 aromatic rings. The Kier molecular flexibility index (Phi) is 4.94. The molecule has 1 unspecified atom stereocenters. The van der Waals surface area contributed by atoms with Crippen LogP contribution < -0.4 is 10.2 Å². The largest absolute Gasteiger partial charge is 0.394 e. The van der Waals surface area contributed by atoms with E-state index in [9.17, 15) is 9.90 Å². The molecule has 0 radical (unpaired) electrons. The molecule has 1 aromatic heterocycles. The van der Waals surface area contributed by atoms with Crippen LogP contribution in [-0.4, -0.2) is 52.8 Å². The zero-order chi connectivity index (χ0) is 17.2. The average Bonchev–Trinajstić information content (AvgIpc) is 3.22. The van der Waals surface area contributed by atoms with Crippen LogP contribution in [0.5, 0.6) is 0 Å². The number of aliphatic hydroxyl groups is 1. The van der Waals surface area contributed by atoms with E-state index in [1.807, 2.05) is 19.9 Å². The van der Waals surface area contributed by atoms with Crippen molar-refractivity contribution < 1.29 is 9.90 Å². The van der Waals surface area contributed by atoms with E-state index in [1.54, 1.807) is 4.90 Å². The lowest BCUT2D eigenvalue weighted by Gasteiger charge is -2.33. The number of nitrogens with zero attached hydrogens (tertiary/aromatic N) is 3. The molecule has 1 atom stereocenters. The van der Waals surface area contributed by atoms with Crippen molar-refractivity contribution in [3.63, 3.8) is 0 Å². The van der Waals surface area contributed by atoms with Crippen LogP contribution in [0.1, 0.15) is 43.9 Å². The molecule has 24 heavy (non-hydrogen) atoms. The minimum Gasteiger partial charge on any atom is -0.394 e. The first-order valence-electron chi connectivity index (χ1n) is 8.91. The van der Waals surface area contributed by atoms with E-state index in [1.165, 1.54) is 12.8 Å². The molecule has 0 aliphatic carbocycles. The number of pyridine rings is 1. The van der Waals surface area contributed by atoms with Gasteiger partial charge in [-0.1, -0.05) is 0 Å². The molecule has 2 aliphatic heterocycles. The number of rotatable bonds is 4. The van der Waals surface area contributed by atoms with E-state index in [0.717, 1.165) is 43.0 Å². The molecular formula is C18H28N4O2. The summed E-state index contributed by atoms with van der Waals surface area (Å²) in [5.74, 6) is 1.01. The molecule has 0 saturated carbocycles. The van der Waals surface area contributed by atoms with Crippen LogP contribution in [0.25, 0.3) is 0 Å². The maximum atomic E-state index is 12.5. The van der Waals surface area contributed by atoms with Gasteiger partial charge in [0, 0.05) is 31.9 Å². The fourth-order valence-electron chi connectivity index (χ4n) is 3.74. The molecule has 6 nitrogen and oxygen atoms in total. The van der Waals surface area contributed by atoms with Crippen molar-refractivity contribution in [1.29, 1.82) is 0 Å². The average molecular weight is 332 g/mol. The second-order valence-electron chi connectivity index (χ2n) is 7.24. The van der Waals surface area contributed by atoms with E-state index in [0.29, 0.717) is 13.1 Å². The number of anilines is 1. The fraction of sp³-hybridized carbons (Fsp3) is 0.667. The molecule has 0 aromatic carbocycles. The Bertz CT molecular complexity index is 601. The molecule has 3 rings (SSSR count). The zero-order valence-corrected chi connectivity index (χ0v) is 14.7. The van der Waals surface area contributed by atoms with Gasteiger partial charge in [0.1, 0.15) is 5.82 Å². The van der Waals surface area contributed by atoms with Crippen LogP contribution in [0.15, 0.2) is 12.1 Å². The molecule has 2 amide bonds. The van der Waals surface area contributed by atoms with Crippen molar-refractivity contribution in [2.24, 2.45) is 0 Å². The summed E-state index contributed by atoms with van der Waals surface area (Å²) in [6.45, 7) is 7.26. The highest BCUT2D eigenvalue weighted by atomic mass is 16.3. The predicted octanol–water partition coefficient (Wildman–Crippen LogP) is 2.05. The van der Waals surface area contributed by atoms with Crippen LogP contribution in [0.2, 0.25) is 0 Å². The van der Waals surface area contributed by atoms with E-state index >= 15 is 0 Å². The van der Waals surface area contributed by atoms with Crippen molar-refractivity contribution in [3.05, 3.63) is 23.4 Å². The van der Waals surface area contributed by atoms with Gasteiger partial charge in [-0.05, 0) is 57.2 Å². The molecule has 3 heterocycles. The van der Waals surface area contributed by atoms with E-state index in [4.69, 9.17) is 0 Å². The van der Waals surface area contributed by atoms with Gasteiger partial charge >= 0.3 is 6.03 Å². The number of aliphatic hydroxyl groups excluding tert-OH is 1. The number of hydrogen-bond acceptors (Lipinski definition) is 4. The number of amides is 2. The minimum atomic E-state index is -0.432. The summed E-state index contributed by atoms with van der Waals surface area (Å²) in [5, 5.41) is 12.6. The summed E-state index contributed by atoms with van der Waals surface area (Å²) in [4.78, 5) is 21.2. The number of carbonyl (C=O) groups is 1. The Morgan fingerprint density at radius 1 is 1.29 bits per heavy atom. The minimum absolute atomic E-state index is 0.00783. The second-order valence-corrected chi connectivity index (χ2v) is 7.24. The van der Waals surface area contributed by atoms with E-state index < -0.39 is 5.54 Å². The Hall–Kier alpha value is -1.82. The summed E-state index contributed by atoms with van der Waals surface area (Å²) in [7, 11) is 0. The van der Waals surface area contributed by atoms with Crippen LogP contribution in [0, 0.1) is 6.92 Å². The normalized spacial score (nSPS) is 23.8. The molecule has 2 N–H and O–H groups in total. The lowest BCUT2D eigenvalue weighted by atomic mass is 10.0. The number of nitrogens with one attached hydrogen (secondary N) is 1. The van der Waals surface area contributed by atoms with Gasteiger partial charge in [0.15, 0.2) is 0 Å². The highest BCUT2D eigenvalue weighted by molar-refractivity contribution is 5.75. The summed E-state index contributed by atoms with van der Waals surface area (Å²) in [6.07, 6.45) is 4.23. The number of likely N-dealkylation sites (tertiary alicyclic amines) is 1. The molecule has 0 bridgehead atoms. The van der Waals surface area contributed by atoms with Crippen molar-refractivity contribution in [2.75, 3.05) is 31.1 Å². The van der Waals surface area contributed by atoms with Crippen molar-refractivity contribution >= 4 is 11.8 Å². The van der Waals surface area contributed by atoms with Crippen LogP contribution in [0.3, 0.4) is 0 Å². The zero-order valence-electron chi connectivity index (χ0n) is 14.7. The lowest BCUT2D eigenvalue weighted by molar-refractivity contribution is 0.0973. The molecule has 2 saturated heterocycles. The van der Waals surface area contributed by atoms with Gasteiger partial charge in [0.25, 0.3) is 0 Å². The molecule has 2 fully saturated rings. The fourth-order valence-corrected chi connectivity index (χ4v) is 3.74. The molecular weight excluding hydrogens is 304 g/mol. The van der Waals surface area contributed by atoms with E-state index in [2.05, 4.69) is 21.3 Å². The number of aryl methyl sites for hydroxylation is 1. The number of aromatic nitrogens is 1. The highest BCUT2D eigenvalue weighted by Gasteiger charge is 2.38. The smallest absolute Gasteiger partial charge is 0.318 e. The Morgan fingerprint density at radius 2 is 2.04 bits per heavy atom. The monoisotopic (exact) mass is 332 g/mol. The number of carbonyl (C=O) groups excluding carboxylic acids is 1. The lowest BCUT2D eigenvalue weighted by Crippen LogP contribution is -2.51. The van der Waals surface area contributed by atoms with E-state index in [-0.39, 0.29) is 12.6 Å². The maximum absolute atomic E-state index is 12.5. The van der Waals surface area contributed by atoms with Gasteiger partial charge in [-0.2, -0.15) is 0 Å². The predicted molar refractivity (Wildman–Crippen MR) is 94.1 cm³/mol. The van der Waals surface area contributed by atoms with Gasteiger partial charge < -0.3 is 20.2 Å². The summed E-state index contributed by atoms with van der Waals surface area (Å²) in [5.41, 5.74) is 1.62. The third-order valence-corrected chi connectivity index (χ3v) is 5.21. The third kappa shape index (κ3) is 3.48. The van der Waals surface area contributed by atoms with Gasteiger partial charge in [-0.25, -0.2) is 9.78 Å². The summed E-state index contributed by atoms with van der Waals surface area (Å²) < 4.78 is 0. The first kappa shape index (κ1) is 17.0. The van der Waals surface area contributed by atoms with Gasteiger partial charge in [-0.15, -0.1) is 0 Å². The summed E-state index contributed by atoms with van der Waals surface area (Å²) >= 11 is 0. The standard InChI is InChI=1S/C18H28N4O2/c1-14-10-15(11-16(20-14)21-7-3-4-8-21)12-19-17(24)22-9-5-6-18(22,2)13-23/h10-11,23H,3-9,12-13H2,1-2H3,(H,19,24). The van der Waals surface area contributed by atoms with Crippen LogP contribution in [0.4, 0.5) is 10.6 Å². The van der Waals surface area contributed by atoms with Crippen molar-refractivity contribution in [1.82, 2.24) is 15.2 Å². The third-order valence-electron chi connectivity index (χ3n) is 5.21. The Labute approximate surface area is 143 Å². The maximum Gasteiger partial charge on any atom is 0.318 e. The van der Waals surface area contributed by atoms with Crippen molar-refractivity contribution in [3.8, 4) is 0 Å². The molecule has 2 aliphatic rings. The second kappa shape index (κ2) is 6.97.